The molecule has 0 saturated carbocycles. The maximum atomic E-state index is 12.6. The molecule has 28 heavy (non-hydrogen) atoms. The van der Waals surface area contributed by atoms with Crippen LogP contribution in [-0.2, 0) is 0 Å². The number of carbonyl (C=O) groups is 2. The van der Waals surface area contributed by atoms with E-state index >= 15 is 0 Å². The number of rotatable bonds is 6. The smallest absolute Gasteiger partial charge is 0.259 e. The highest BCUT2D eigenvalue weighted by atomic mass is 35.5. The fourth-order valence-corrected chi connectivity index (χ4v) is 2.61. The lowest BCUT2D eigenvalue weighted by atomic mass is 10.1. The summed E-state index contributed by atoms with van der Waals surface area (Å²) in [4.78, 5) is 24.8. The van der Waals surface area contributed by atoms with Crippen molar-refractivity contribution < 1.29 is 14.3 Å². The molecule has 6 nitrogen and oxygen atoms in total. The third kappa shape index (κ3) is 5.78. The van der Waals surface area contributed by atoms with Crippen LogP contribution in [0.5, 0.6) is 5.75 Å². The molecule has 2 aromatic carbocycles. The number of amides is 2. The van der Waals surface area contributed by atoms with Gasteiger partial charge in [-0.2, -0.15) is 0 Å². The molecule has 0 aliphatic carbocycles. The van der Waals surface area contributed by atoms with Crippen LogP contribution in [0.1, 0.15) is 40.1 Å². The molecule has 0 spiro atoms. The van der Waals surface area contributed by atoms with E-state index in [2.05, 4.69) is 10.6 Å². The van der Waals surface area contributed by atoms with Gasteiger partial charge in [0, 0.05) is 23.9 Å². The van der Waals surface area contributed by atoms with Gasteiger partial charge in [-0.1, -0.05) is 25.4 Å². The van der Waals surface area contributed by atoms with Gasteiger partial charge in [0.1, 0.15) is 5.75 Å². The molecule has 4 N–H and O–H groups in total. The summed E-state index contributed by atoms with van der Waals surface area (Å²) < 4.78 is 5.21. The normalized spacial score (nSPS) is 10.2. The summed E-state index contributed by atoms with van der Waals surface area (Å²) in [5.41, 5.74) is 8.25. The molecule has 2 aromatic rings. The van der Waals surface area contributed by atoms with Crippen molar-refractivity contribution in [1.29, 1.82) is 0 Å². The molecule has 2 rings (SSSR count). The molecule has 0 aromatic heterocycles. The Kier molecular flexibility index (Phi) is 8.60. The average Bonchev–Trinajstić information content (AvgIpc) is 2.62. The summed E-state index contributed by atoms with van der Waals surface area (Å²) in [5.74, 6) is 0.178. The Labute approximate surface area is 176 Å². The molecular weight excluding hydrogens is 401 g/mol. The molecule has 0 aliphatic heterocycles. The Morgan fingerprint density at radius 1 is 1.18 bits per heavy atom. The van der Waals surface area contributed by atoms with Gasteiger partial charge in [-0.25, -0.2) is 0 Å². The second-order valence-electron chi connectivity index (χ2n) is 6.66. The summed E-state index contributed by atoms with van der Waals surface area (Å²) in [5, 5.41) is 5.96. The molecule has 0 aliphatic rings. The van der Waals surface area contributed by atoms with Gasteiger partial charge in [0.15, 0.2) is 0 Å². The molecule has 0 bridgehead atoms. The highest BCUT2D eigenvalue weighted by Crippen LogP contribution is 2.29. The minimum absolute atomic E-state index is 0. The zero-order valence-corrected chi connectivity index (χ0v) is 17.8. The molecule has 0 saturated heterocycles. The van der Waals surface area contributed by atoms with E-state index in [4.69, 9.17) is 22.1 Å². The van der Waals surface area contributed by atoms with Crippen LogP contribution >= 0.6 is 24.0 Å². The van der Waals surface area contributed by atoms with Crippen LogP contribution in [-0.4, -0.2) is 25.5 Å². The average molecular weight is 426 g/mol. The van der Waals surface area contributed by atoms with E-state index in [9.17, 15) is 9.59 Å². The number of nitrogens with two attached hydrogens (primary N) is 1. The lowest BCUT2D eigenvalue weighted by molar-refractivity contribution is 0.0948. The van der Waals surface area contributed by atoms with Crippen molar-refractivity contribution in [3.05, 3.63) is 52.0 Å². The number of nitrogen functional groups attached to an aromatic ring is 1. The van der Waals surface area contributed by atoms with Crippen LogP contribution in [0.4, 0.5) is 11.4 Å². The summed E-state index contributed by atoms with van der Waals surface area (Å²) in [6, 6.07) is 8.08. The van der Waals surface area contributed by atoms with Gasteiger partial charge in [-0.3, -0.25) is 9.59 Å². The van der Waals surface area contributed by atoms with Crippen molar-refractivity contribution in [3.63, 3.8) is 0 Å². The number of carbonyl (C=O) groups excluding carboxylic acids is 2. The van der Waals surface area contributed by atoms with Crippen LogP contribution in [0, 0.1) is 12.8 Å². The minimum Gasteiger partial charge on any atom is -0.496 e. The number of nitrogens with one attached hydrogen (secondary N) is 2. The molecule has 152 valence electrons. The van der Waals surface area contributed by atoms with E-state index in [-0.39, 0.29) is 34.8 Å². The Balaban J connectivity index is 0.00000392. The fraction of sp³-hybridized carbons (Fsp3) is 0.300. The van der Waals surface area contributed by atoms with Crippen molar-refractivity contribution in [2.45, 2.75) is 20.8 Å². The highest BCUT2D eigenvalue weighted by molar-refractivity contribution is 6.33. The molecule has 0 atom stereocenters. The fourth-order valence-electron chi connectivity index (χ4n) is 2.45. The van der Waals surface area contributed by atoms with Gasteiger partial charge in [0.05, 0.1) is 23.4 Å². The largest absolute Gasteiger partial charge is 0.496 e. The van der Waals surface area contributed by atoms with E-state index in [1.807, 2.05) is 20.8 Å². The van der Waals surface area contributed by atoms with E-state index in [1.54, 1.807) is 18.2 Å². The molecule has 2 amide bonds. The third-order valence-corrected chi connectivity index (χ3v) is 4.30. The quantitative estimate of drug-likeness (QED) is 0.601. The summed E-state index contributed by atoms with van der Waals surface area (Å²) in [6.07, 6.45) is 0. The van der Waals surface area contributed by atoms with Crippen molar-refractivity contribution in [2.24, 2.45) is 5.92 Å². The first kappa shape index (κ1) is 23.6. The van der Waals surface area contributed by atoms with Crippen LogP contribution in [0.3, 0.4) is 0 Å². The standard InChI is InChI=1S/C20H24ClN3O3.ClH/c1-11(2)10-23-19(25)13-5-6-17(12(3)7-13)24-20(26)14-8-15(21)16(22)9-18(14)27-4;/h5-9,11H,10,22H2,1-4H3,(H,23,25)(H,24,26);1H. The van der Waals surface area contributed by atoms with E-state index in [0.29, 0.717) is 35.2 Å². The highest BCUT2D eigenvalue weighted by Gasteiger charge is 2.16. The van der Waals surface area contributed by atoms with Crippen LogP contribution in [0.2, 0.25) is 5.02 Å². The van der Waals surface area contributed by atoms with Gasteiger partial charge >= 0.3 is 0 Å². The maximum Gasteiger partial charge on any atom is 0.259 e. The predicted octanol–water partition coefficient (Wildman–Crippen LogP) is 4.30. The molecule has 8 heteroatoms. The number of aryl methyl sites for hydroxylation is 1. The van der Waals surface area contributed by atoms with Crippen molar-refractivity contribution in [2.75, 3.05) is 24.7 Å². The predicted molar refractivity (Wildman–Crippen MR) is 116 cm³/mol. The van der Waals surface area contributed by atoms with E-state index < -0.39 is 0 Å². The van der Waals surface area contributed by atoms with E-state index in [0.717, 1.165) is 5.56 Å². The molecule has 0 unspecified atom stereocenters. The lowest BCUT2D eigenvalue weighted by Crippen LogP contribution is -2.27. The molecular formula is C20H25Cl2N3O3. The number of ether oxygens (including phenoxy) is 1. The maximum absolute atomic E-state index is 12.6. The van der Waals surface area contributed by atoms with Gasteiger partial charge in [-0.15, -0.1) is 12.4 Å². The van der Waals surface area contributed by atoms with Crippen LogP contribution in [0.25, 0.3) is 0 Å². The Hall–Kier alpha value is -2.44. The first-order valence-electron chi connectivity index (χ1n) is 8.56. The number of methoxy groups -OCH3 is 1. The first-order valence-corrected chi connectivity index (χ1v) is 8.94. The van der Waals surface area contributed by atoms with Gasteiger partial charge in [0.2, 0.25) is 0 Å². The number of anilines is 2. The Morgan fingerprint density at radius 3 is 2.43 bits per heavy atom. The van der Waals surface area contributed by atoms with Crippen molar-refractivity contribution in [1.82, 2.24) is 5.32 Å². The second kappa shape index (κ2) is 10.2. The number of benzene rings is 2. The number of hydrogen-bond acceptors (Lipinski definition) is 4. The van der Waals surface area contributed by atoms with Crippen molar-refractivity contribution in [3.8, 4) is 5.75 Å². The number of halogens is 2. The van der Waals surface area contributed by atoms with Gasteiger partial charge in [0.25, 0.3) is 11.8 Å². The van der Waals surface area contributed by atoms with Gasteiger partial charge < -0.3 is 21.1 Å². The second-order valence-corrected chi connectivity index (χ2v) is 7.07. The minimum atomic E-state index is -0.381. The molecule has 0 heterocycles. The zero-order chi connectivity index (χ0) is 20.1. The van der Waals surface area contributed by atoms with E-state index in [1.165, 1.54) is 19.2 Å². The SMILES string of the molecule is COc1cc(N)c(Cl)cc1C(=O)Nc1ccc(C(=O)NCC(C)C)cc1C.Cl. The van der Waals surface area contributed by atoms with Gasteiger partial charge in [-0.05, 0) is 42.7 Å². The zero-order valence-electron chi connectivity index (χ0n) is 16.3. The summed E-state index contributed by atoms with van der Waals surface area (Å²) >= 11 is 6.02. The first-order chi connectivity index (χ1) is 12.7. The Bertz CT molecular complexity index is 870. The topological polar surface area (TPSA) is 93.4 Å². The van der Waals surface area contributed by atoms with Crippen LogP contribution < -0.4 is 21.1 Å². The molecule has 0 fully saturated rings. The summed E-state index contributed by atoms with van der Waals surface area (Å²) in [7, 11) is 1.45. The Morgan fingerprint density at radius 2 is 1.86 bits per heavy atom. The van der Waals surface area contributed by atoms with Crippen LogP contribution in [0.15, 0.2) is 30.3 Å². The van der Waals surface area contributed by atoms with Crippen molar-refractivity contribution >= 4 is 47.2 Å². The third-order valence-electron chi connectivity index (χ3n) is 3.97. The lowest BCUT2D eigenvalue weighted by Gasteiger charge is -2.14. The number of hydrogen-bond donors (Lipinski definition) is 3. The molecule has 0 radical (unpaired) electrons. The monoisotopic (exact) mass is 425 g/mol. The summed E-state index contributed by atoms with van der Waals surface area (Å²) in [6.45, 7) is 6.49.